The monoisotopic (exact) mass is 338 g/mol. The standard InChI is InChI=1S/C18H26N2O2.ClH/c1-2-6-18(7-3-1)14-19-8-9-20(18)13-15-4-5-16-17(12-15)22-11-10-21-16;/h4-5,12,19H,1-3,6-11,13-14H2;1H. The first-order valence-corrected chi connectivity index (χ1v) is 8.70. The van der Waals surface area contributed by atoms with E-state index in [4.69, 9.17) is 9.47 Å². The molecule has 4 rings (SSSR count). The number of hydrogen-bond donors (Lipinski definition) is 1. The number of nitrogens with one attached hydrogen (secondary N) is 1. The molecule has 4 nitrogen and oxygen atoms in total. The van der Waals surface area contributed by atoms with E-state index in [0.29, 0.717) is 18.8 Å². The van der Waals surface area contributed by atoms with Crippen LogP contribution in [0.4, 0.5) is 0 Å². The Labute approximate surface area is 144 Å². The lowest BCUT2D eigenvalue weighted by molar-refractivity contribution is 0.0208. The molecule has 3 aliphatic rings. The van der Waals surface area contributed by atoms with Crippen molar-refractivity contribution in [2.24, 2.45) is 0 Å². The summed E-state index contributed by atoms with van der Waals surface area (Å²) in [6.07, 6.45) is 6.83. The summed E-state index contributed by atoms with van der Waals surface area (Å²) in [6, 6.07) is 6.44. The molecule has 5 heteroatoms. The summed E-state index contributed by atoms with van der Waals surface area (Å²) in [4.78, 5) is 2.72. The average molecular weight is 339 g/mol. The zero-order chi connectivity index (χ0) is 14.8. The predicted octanol–water partition coefficient (Wildman–Crippen LogP) is 2.99. The molecule has 1 N–H and O–H groups in total. The van der Waals surface area contributed by atoms with Gasteiger partial charge in [-0.1, -0.05) is 25.3 Å². The van der Waals surface area contributed by atoms with Gasteiger partial charge in [-0.3, -0.25) is 4.90 Å². The van der Waals surface area contributed by atoms with Crippen molar-refractivity contribution in [1.82, 2.24) is 10.2 Å². The smallest absolute Gasteiger partial charge is 0.161 e. The Hall–Kier alpha value is -0.970. The Balaban J connectivity index is 0.00000156. The van der Waals surface area contributed by atoms with Gasteiger partial charge >= 0.3 is 0 Å². The van der Waals surface area contributed by atoms with Crippen LogP contribution in [0.5, 0.6) is 11.5 Å². The van der Waals surface area contributed by atoms with Gasteiger partial charge in [-0.2, -0.15) is 0 Å². The number of hydrogen-bond acceptors (Lipinski definition) is 4. The van der Waals surface area contributed by atoms with E-state index in [1.807, 2.05) is 0 Å². The summed E-state index contributed by atoms with van der Waals surface area (Å²) in [6.45, 7) is 5.75. The number of nitrogens with zero attached hydrogens (tertiary/aromatic N) is 1. The van der Waals surface area contributed by atoms with Crippen LogP contribution < -0.4 is 14.8 Å². The molecule has 0 radical (unpaired) electrons. The highest BCUT2D eigenvalue weighted by atomic mass is 35.5. The number of ether oxygens (including phenoxy) is 2. The Morgan fingerprint density at radius 3 is 2.65 bits per heavy atom. The maximum Gasteiger partial charge on any atom is 0.161 e. The number of fused-ring (bicyclic) bond motifs is 1. The molecule has 128 valence electrons. The summed E-state index contributed by atoms with van der Waals surface area (Å²) < 4.78 is 11.4. The third-order valence-corrected chi connectivity index (χ3v) is 5.45. The minimum absolute atomic E-state index is 0. The zero-order valence-electron chi connectivity index (χ0n) is 13.7. The van der Waals surface area contributed by atoms with Gasteiger partial charge in [0.2, 0.25) is 0 Å². The first kappa shape index (κ1) is 16.9. The van der Waals surface area contributed by atoms with Crippen LogP contribution >= 0.6 is 12.4 Å². The molecule has 0 amide bonds. The zero-order valence-corrected chi connectivity index (χ0v) is 14.5. The minimum Gasteiger partial charge on any atom is -0.486 e. The average Bonchev–Trinajstić information content (AvgIpc) is 2.58. The molecule has 1 spiro atoms. The topological polar surface area (TPSA) is 33.7 Å². The van der Waals surface area contributed by atoms with Crippen molar-refractivity contribution in [3.63, 3.8) is 0 Å². The van der Waals surface area contributed by atoms with Crippen molar-refractivity contribution >= 4 is 12.4 Å². The normalized spacial score (nSPS) is 23.3. The highest BCUT2D eigenvalue weighted by molar-refractivity contribution is 5.85. The molecule has 0 atom stereocenters. The van der Waals surface area contributed by atoms with Crippen LogP contribution in [0.25, 0.3) is 0 Å². The van der Waals surface area contributed by atoms with Gasteiger partial charge in [0.25, 0.3) is 0 Å². The third-order valence-electron chi connectivity index (χ3n) is 5.45. The van der Waals surface area contributed by atoms with Crippen molar-refractivity contribution in [1.29, 1.82) is 0 Å². The van der Waals surface area contributed by atoms with Crippen molar-refractivity contribution in [2.45, 2.75) is 44.2 Å². The summed E-state index contributed by atoms with van der Waals surface area (Å²) in [5.41, 5.74) is 1.72. The molecule has 2 aliphatic heterocycles. The molecular formula is C18H27ClN2O2. The second-order valence-corrected chi connectivity index (χ2v) is 6.86. The fraction of sp³-hybridized carbons (Fsp3) is 0.667. The maximum atomic E-state index is 5.73. The lowest BCUT2D eigenvalue weighted by Gasteiger charge is -2.50. The number of piperazine rings is 1. The molecule has 1 saturated carbocycles. The second-order valence-electron chi connectivity index (χ2n) is 6.86. The van der Waals surface area contributed by atoms with E-state index in [-0.39, 0.29) is 12.4 Å². The van der Waals surface area contributed by atoms with E-state index in [1.54, 1.807) is 0 Å². The van der Waals surface area contributed by atoms with Crippen LogP contribution in [0.15, 0.2) is 18.2 Å². The Kier molecular flexibility index (Phi) is 5.34. The fourth-order valence-corrected chi connectivity index (χ4v) is 4.24. The Bertz CT molecular complexity index is 523. The van der Waals surface area contributed by atoms with E-state index < -0.39 is 0 Å². The first-order chi connectivity index (χ1) is 10.9. The lowest BCUT2D eigenvalue weighted by Crippen LogP contribution is -2.61. The molecule has 0 aromatic heterocycles. The van der Waals surface area contributed by atoms with Gasteiger partial charge in [0.15, 0.2) is 11.5 Å². The van der Waals surface area contributed by atoms with Gasteiger partial charge in [0, 0.05) is 31.7 Å². The summed E-state index contributed by atoms with van der Waals surface area (Å²) in [7, 11) is 0. The van der Waals surface area contributed by atoms with Crippen molar-refractivity contribution in [3.8, 4) is 11.5 Å². The molecular weight excluding hydrogens is 312 g/mol. The molecule has 0 bridgehead atoms. The first-order valence-electron chi connectivity index (χ1n) is 8.70. The predicted molar refractivity (Wildman–Crippen MR) is 93.8 cm³/mol. The van der Waals surface area contributed by atoms with E-state index in [0.717, 1.165) is 37.7 Å². The quantitative estimate of drug-likeness (QED) is 0.899. The molecule has 1 saturated heterocycles. The number of halogens is 1. The van der Waals surface area contributed by atoms with E-state index in [9.17, 15) is 0 Å². The number of benzene rings is 1. The van der Waals surface area contributed by atoms with Gasteiger partial charge < -0.3 is 14.8 Å². The van der Waals surface area contributed by atoms with Gasteiger partial charge in [-0.25, -0.2) is 0 Å². The highest BCUT2D eigenvalue weighted by Crippen LogP contribution is 2.37. The van der Waals surface area contributed by atoms with Crippen LogP contribution in [0.1, 0.15) is 37.7 Å². The van der Waals surface area contributed by atoms with E-state index in [2.05, 4.69) is 28.4 Å². The van der Waals surface area contributed by atoms with Gasteiger partial charge in [0.05, 0.1) is 0 Å². The van der Waals surface area contributed by atoms with E-state index >= 15 is 0 Å². The number of rotatable bonds is 2. The van der Waals surface area contributed by atoms with Crippen LogP contribution in [0, 0.1) is 0 Å². The fourth-order valence-electron chi connectivity index (χ4n) is 4.24. The van der Waals surface area contributed by atoms with Crippen LogP contribution in [-0.2, 0) is 6.54 Å². The third kappa shape index (κ3) is 3.44. The van der Waals surface area contributed by atoms with Crippen LogP contribution in [-0.4, -0.2) is 43.3 Å². The van der Waals surface area contributed by atoms with Gasteiger partial charge in [0.1, 0.15) is 13.2 Å². The van der Waals surface area contributed by atoms with Crippen LogP contribution in [0.3, 0.4) is 0 Å². The van der Waals surface area contributed by atoms with Crippen molar-refractivity contribution < 1.29 is 9.47 Å². The minimum atomic E-state index is 0. The molecule has 2 fully saturated rings. The van der Waals surface area contributed by atoms with Gasteiger partial charge in [-0.05, 0) is 30.5 Å². The van der Waals surface area contributed by atoms with Crippen molar-refractivity contribution in [2.75, 3.05) is 32.8 Å². The molecule has 23 heavy (non-hydrogen) atoms. The van der Waals surface area contributed by atoms with Gasteiger partial charge in [-0.15, -0.1) is 12.4 Å². The van der Waals surface area contributed by atoms with Crippen LogP contribution in [0.2, 0.25) is 0 Å². The largest absolute Gasteiger partial charge is 0.486 e. The summed E-state index contributed by atoms with van der Waals surface area (Å²) >= 11 is 0. The van der Waals surface area contributed by atoms with Crippen molar-refractivity contribution in [3.05, 3.63) is 23.8 Å². The second kappa shape index (κ2) is 7.29. The lowest BCUT2D eigenvalue weighted by atomic mass is 9.79. The Morgan fingerprint density at radius 1 is 1.04 bits per heavy atom. The molecule has 0 unspecified atom stereocenters. The molecule has 1 aliphatic carbocycles. The van der Waals surface area contributed by atoms with E-state index in [1.165, 1.54) is 37.7 Å². The molecule has 1 aromatic carbocycles. The molecule has 2 heterocycles. The maximum absolute atomic E-state index is 5.73. The summed E-state index contributed by atoms with van der Waals surface area (Å²) in [5.74, 6) is 1.80. The highest BCUT2D eigenvalue weighted by Gasteiger charge is 2.39. The Morgan fingerprint density at radius 2 is 1.83 bits per heavy atom. The SMILES string of the molecule is Cl.c1cc2c(cc1CN1CCNCC13CCCCC3)OCCO2. The molecule has 1 aromatic rings. The summed E-state index contributed by atoms with van der Waals surface area (Å²) in [5, 5.41) is 3.62.